The second-order valence-electron chi connectivity index (χ2n) is 6.28. The molecule has 2 aromatic heterocycles. The van der Waals surface area contributed by atoms with Crippen LogP contribution >= 0.6 is 0 Å². The number of hydrogen-bond donors (Lipinski definition) is 0. The summed E-state index contributed by atoms with van der Waals surface area (Å²) in [7, 11) is 0. The van der Waals surface area contributed by atoms with Crippen molar-refractivity contribution in [1.82, 2.24) is 9.97 Å². The first kappa shape index (κ1) is 16.9. The van der Waals surface area contributed by atoms with Crippen molar-refractivity contribution in [3.05, 3.63) is 103 Å². The maximum atomic E-state index is 4.67. The zero-order chi connectivity index (χ0) is 18.6. The van der Waals surface area contributed by atoms with E-state index in [2.05, 4.69) is 77.2 Å². The number of nitrogens with zero attached hydrogens (tertiary/aromatic N) is 2. The summed E-state index contributed by atoms with van der Waals surface area (Å²) in [6, 6.07) is 18.8. The molecule has 2 aromatic carbocycles. The summed E-state index contributed by atoms with van der Waals surface area (Å²) in [4.78, 5) is 9.34. The molecule has 0 bridgehead atoms. The Hall–Kier alpha value is -3.52. The Morgan fingerprint density at radius 3 is 2.30 bits per heavy atom. The molecule has 0 spiro atoms. The topological polar surface area (TPSA) is 25.8 Å². The van der Waals surface area contributed by atoms with E-state index in [-0.39, 0.29) is 0 Å². The van der Waals surface area contributed by atoms with Gasteiger partial charge in [-0.15, -0.1) is 0 Å². The van der Waals surface area contributed by atoms with Gasteiger partial charge in [-0.05, 0) is 41.3 Å². The SMILES string of the molecule is C=CC=CC(=CC)c1ccnc2c1ccc1c(-c3ccccc3)ccnc12. The summed E-state index contributed by atoms with van der Waals surface area (Å²) in [5.74, 6) is 0. The van der Waals surface area contributed by atoms with Crippen LogP contribution in [-0.4, -0.2) is 9.97 Å². The molecule has 2 heteroatoms. The predicted molar refractivity (Wildman–Crippen MR) is 115 cm³/mol. The van der Waals surface area contributed by atoms with Gasteiger partial charge >= 0.3 is 0 Å². The molecule has 0 N–H and O–H groups in total. The van der Waals surface area contributed by atoms with Crippen LogP contribution in [0, 0.1) is 0 Å². The minimum absolute atomic E-state index is 0.925. The van der Waals surface area contributed by atoms with Crippen LogP contribution in [0.3, 0.4) is 0 Å². The van der Waals surface area contributed by atoms with Gasteiger partial charge in [0, 0.05) is 23.2 Å². The molecule has 0 atom stereocenters. The zero-order valence-electron chi connectivity index (χ0n) is 15.3. The number of rotatable bonds is 4. The van der Waals surface area contributed by atoms with Crippen molar-refractivity contribution in [2.24, 2.45) is 0 Å². The molecule has 4 rings (SSSR count). The molecule has 0 saturated carbocycles. The number of fused-ring (bicyclic) bond motifs is 3. The molecular formula is C25H20N2. The fraction of sp³-hybridized carbons (Fsp3) is 0.0400. The van der Waals surface area contributed by atoms with Gasteiger partial charge in [-0.1, -0.05) is 73.3 Å². The molecular weight excluding hydrogens is 328 g/mol. The monoisotopic (exact) mass is 348 g/mol. The van der Waals surface area contributed by atoms with E-state index in [1.807, 2.05) is 31.5 Å². The third-order valence-corrected chi connectivity index (χ3v) is 4.74. The molecule has 0 unspecified atom stereocenters. The number of allylic oxidation sites excluding steroid dienone is 5. The Morgan fingerprint density at radius 1 is 0.852 bits per heavy atom. The van der Waals surface area contributed by atoms with E-state index in [1.54, 1.807) is 6.08 Å². The molecule has 0 saturated heterocycles. The van der Waals surface area contributed by atoms with Crippen LogP contribution in [0.4, 0.5) is 0 Å². The van der Waals surface area contributed by atoms with Gasteiger partial charge in [0.1, 0.15) is 0 Å². The fourth-order valence-electron chi connectivity index (χ4n) is 3.46. The Bertz CT molecular complexity index is 1190. The van der Waals surface area contributed by atoms with Gasteiger partial charge < -0.3 is 0 Å². The Kier molecular flexibility index (Phi) is 4.63. The minimum atomic E-state index is 0.925. The summed E-state index contributed by atoms with van der Waals surface area (Å²) < 4.78 is 0. The summed E-state index contributed by atoms with van der Waals surface area (Å²) in [6.45, 7) is 5.81. The first-order valence-electron chi connectivity index (χ1n) is 9.01. The summed E-state index contributed by atoms with van der Waals surface area (Å²) in [5, 5.41) is 2.22. The van der Waals surface area contributed by atoms with Crippen molar-refractivity contribution < 1.29 is 0 Å². The van der Waals surface area contributed by atoms with E-state index in [0.29, 0.717) is 0 Å². The minimum Gasteiger partial charge on any atom is -0.254 e. The maximum Gasteiger partial charge on any atom is 0.0970 e. The molecule has 0 aliphatic heterocycles. The van der Waals surface area contributed by atoms with Crippen LogP contribution in [0.1, 0.15) is 12.5 Å². The Balaban J connectivity index is 2.00. The van der Waals surface area contributed by atoms with Crippen molar-refractivity contribution >= 4 is 27.4 Å². The highest BCUT2D eigenvalue weighted by Gasteiger charge is 2.11. The average Bonchev–Trinajstić information content (AvgIpc) is 2.74. The summed E-state index contributed by atoms with van der Waals surface area (Å²) in [5.41, 5.74) is 6.50. The van der Waals surface area contributed by atoms with Crippen molar-refractivity contribution in [2.45, 2.75) is 6.92 Å². The van der Waals surface area contributed by atoms with E-state index < -0.39 is 0 Å². The molecule has 0 fully saturated rings. The number of pyridine rings is 2. The molecule has 2 nitrogen and oxygen atoms in total. The van der Waals surface area contributed by atoms with Gasteiger partial charge in [-0.2, -0.15) is 0 Å². The van der Waals surface area contributed by atoms with Crippen molar-refractivity contribution in [1.29, 1.82) is 0 Å². The molecule has 0 radical (unpaired) electrons. The van der Waals surface area contributed by atoms with Gasteiger partial charge in [-0.25, -0.2) is 0 Å². The van der Waals surface area contributed by atoms with Gasteiger partial charge in [0.2, 0.25) is 0 Å². The first-order valence-corrected chi connectivity index (χ1v) is 9.01. The van der Waals surface area contributed by atoms with E-state index >= 15 is 0 Å². The van der Waals surface area contributed by atoms with E-state index in [4.69, 9.17) is 0 Å². The maximum absolute atomic E-state index is 4.67. The van der Waals surface area contributed by atoms with Crippen molar-refractivity contribution in [3.8, 4) is 11.1 Å². The van der Waals surface area contributed by atoms with Crippen LogP contribution < -0.4 is 0 Å². The van der Waals surface area contributed by atoms with E-state index in [0.717, 1.165) is 32.9 Å². The highest BCUT2D eigenvalue weighted by molar-refractivity contribution is 6.10. The van der Waals surface area contributed by atoms with Gasteiger partial charge in [0.15, 0.2) is 0 Å². The lowest BCUT2D eigenvalue weighted by molar-refractivity contribution is 1.37. The molecule has 0 aliphatic carbocycles. The lowest BCUT2D eigenvalue weighted by Gasteiger charge is -2.11. The van der Waals surface area contributed by atoms with Crippen LogP contribution in [-0.2, 0) is 0 Å². The lowest BCUT2D eigenvalue weighted by Crippen LogP contribution is -1.91. The third kappa shape index (κ3) is 3.06. The van der Waals surface area contributed by atoms with Crippen LogP contribution in [0.2, 0.25) is 0 Å². The first-order chi connectivity index (χ1) is 13.3. The van der Waals surface area contributed by atoms with Gasteiger partial charge in [0.05, 0.1) is 11.0 Å². The third-order valence-electron chi connectivity index (χ3n) is 4.74. The zero-order valence-corrected chi connectivity index (χ0v) is 15.3. The van der Waals surface area contributed by atoms with Gasteiger partial charge in [-0.3, -0.25) is 9.97 Å². The second kappa shape index (κ2) is 7.38. The standard InChI is InChI=1S/C25H20N2/c1-3-5-9-18(4-2)20-14-16-26-24-22(20)12-13-23-21(15-17-27-25(23)24)19-10-7-6-8-11-19/h3-17H,1H2,2H3. The van der Waals surface area contributed by atoms with Crippen LogP contribution in [0.5, 0.6) is 0 Å². The largest absolute Gasteiger partial charge is 0.254 e. The van der Waals surface area contributed by atoms with Crippen molar-refractivity contribution in [3.63, 3.8) is 0 Å². The van der Waals surface area contributed by atoms with Crippen molar-refractivity contribution in [2.75, 3.05) is 0 Å². The number of aromatic nitrogens is 2. The summed E-state index contributed by atoms with van der Waals surface area (Å²) in [6.07, 6.45) is 11.6. The Morgan fingerprint density at radius 2 is 1.56 bits per heavy atom. The lowest BCUT2D eigenvalue weighted by atomic mass is 9.96. The van der Waals surface area contributed by atoms with Crippen LogP contribution in [0.15, 0.2) is 97.9 Å². The summed E-state index contributed by atoms with van der Waals surface area (Å²) >= 11 is 0. The van der Waals surface area contributed by atoms with E-state index in [1.165, 1.54) is 11.1 Å². The smallest absolute Gasteiger partial charge is 0.0970 e. The highest BCUT2D eigenvalue weighted by Crippen LogP contribution is 2.33. The quantitative estimate of drug-likeness (QED) is 0.307. The average molecular weight is 348 g/mol. The fourth-order valence-corrected chi connectivity index (χ4v) is 3.46. The van der Waals surface area contributed by atoms with E-state index in [9.17, 15) is 0 Å². The highest BCUT2D eigenvalue weighted by atomic mass is 14.7. The molecule has 0 amide bonds. The predicted octanol–water partition coefficient (Wildman–Crippen LogP) is 6.60. The Labute approximate surface area is 159 Å². The number of benzene rings is 2. The van der Waals surface area contributed by atoms with Gasteiger partial charge in [0.25, 0.3) is 0 Å². The normalized spacial score (nSPS) is 12.1. The molecule has 4 aromatic rings. The second-order valence-corrected chi connectivity index (χ2v) is 6.28. The van der Waals surface area contributed by atoms with Crippen LogP contribution in [0.25, 0.3) is 38.5 Å². The molecule has 2 heterocycles. The molecule has 130 valence electrons. The molecule has 27 heavy (non-hydrogen) atoms. The number of hydrogen-bond acceptors (Lipinski definition) is 2. The molecule has 0 aliphatic rings.